The highest BCUT2D eigenvalue weighted by molar-refractivity contribution is 6.06. The predicted octanol–water partition coefficient (Wildman–Crippen LogP) is 3.77. The molecular weight excluding hydrogens is 465 g/mol. The monoisotopic (exact) mass is 498 g/mol. The molecule has 3 N–H and O–H groups in total. The maximum Gasteiger partial charge on any atom is 0.573 e. The molecule has 1 atom stereocenters. The number of hydrogen-bond donors (Lipinski definition) is 3. The molecule has 1 saturated carbocycles. The molecule has 2 aromatic rings. The molecule has 1 aromatic heterocycles. The summed E-state index contributed by atoms with van der Waals surface area (Å²) in [7, 11) is 0. The number of carbonyl (C=O) groups excluding carboxylic acids is 2. The van der Waals surface area contributed by atoms with E-state index >= 15 is 0 Å². The van der Waals surface area contributed by atoms with Crippen LogP contribution in [0.4, 0.5) is 13.2 Å². The average molecular weight is 499 g/mol. The first-order valence-electron chi connectivity index (χ1n) is 11.8. The van der Waals surface area contributed by atoms with Crippen molar-refractivity contribution in [3.8, 4) is 5.75 Å². The van der Waals surface area contributed by atoms with Gasteiger partial charge >= 0.3 is 6.36 Å². The lowest BCUT2D eigenvalue weighted by Gasteiger charge is -2.30. The fourth-order valence-electron chi connectivity index (χ4n) is 4.43. The van der Waals surface area contributed by atoms with Gasteiger partial charge < -0.3 is 20.5 Å². The summed E-state index contributed by atoms with van der Waals surface area (Å²) in [5.41, 5.74) is -0.236. The molecule has 1 heterocycles. The second kappa shape index (κ2) is 10.8. The second-order valence-electron chi connectivity index (χ2n) is 10.0. The maximum absolute atomic E-state index is 13.3. The van der Waals surface area contributed by atoms with Crippen LogP contribution in [0, 0.1) is 11.3 Å². The smallest absolute Gasteiger partial charge is 0.406 e. The number of ether oxygens (including phenoxy) is 1. The molecule has 0 spiro atoms. The molecule has 35 heavy (non-hydrogen) atoms. The lowest BCUT2D eigenvalue weighted by molar-refractivity contribution is -0.274. The molecule has 1 fully saturated rings. The first-order valence-corrected chi connectivity index (χ1v) is 11.8. The van der Waals surface area contributed by atoms with Crippen molar-refractivity contribution in [1.82, 2.24) is 20.4 Å². The number of aromatic nitrogens is 2. The zero-order valence-electron chi connectivity index (χ0n) is 20.2. The number of hydrogen-bond acceptors (Lipinski definition) is 5. The predicted molar refractivity (Wildman–Crippen MR) is 124 cm³/mol. The average Bonchev–Trinajstić information content (AvgIpc) is 3.12. The Bertz CT molecular complexity index is 1040. The Morgan fingerprint density at radius 3 is 2.49 bits per heavy atom. The van der Waals surface area contributed by atoms with E-state index in [0.29, 0.717) is 18.0 Å². The third-order valence-electron chi connectivity index (χ3n) is 6.14. The number of aliphatic hydroxyl groups excluding tert-OH is 1. The molecule has 1 aliphatic carbocycles. The zero-order chi connectivity index (χ0) is 25.8. The number of halogens is 3. The van der Waals surface area contributed by atoms with Gasteiger partial charge in [0.2, 0.25) is 5.91 Å². The van der Waals surface area contributed by atoms with Gasteiger partial charge in [-0.05, 0) is 42.4 Å². The van der Waals surface area contributed by atoms with E-state index in [1.54, 1.807) is 25.5 Å². The van der Waals surface area contributed by atoms with Crippen molar-refractivity contribution in [3.63, 3.8) is 0 Å². The lowest BCUT2D eigenvalue weighted by atomic mass is 9.86. The summed E-state index contributed by atoms with van der Waals surface area (Å²) in [5, 5.41) is 18.9. The standard InChI is InChI=1S/C24H33F3N4O4/c1-23(2,3)20(22(34)28-11-12-32)29-21(33)19-17-13-16(35-24(25,26)27)9-10-18(17)31(30-19)14-15-7-5-4-6-8-15/h9-10,13,15,20,32H,4-8,11-12,14H2,1-3H3,(H,28,34)(H,29,33)/t20-/m1/s1. The molecule has 0 aliphatic heterocycles. The second-order valence-corrected chi connectivity index (χ2v) is 10.0. The number of rotatable bonds is 8. The molecule has 2 amide bonds. The Morgan fingerprint density at radius 2 is 1.89 bits per heavy atom. The van der Waals surface area contributed by atoms with Gasteiger partial charge in [0.1, 0.15) is 11.8 Å². The van der Waals surface area contributed by atoms with E-state index < -0.39 is 35.4 Å². The molecule has 0 radical (unpaired) electrons. The van der Waals surface area contributed by atoms with Gasteiger partial charge in [0.05, 0.1) is 12.1 Å². The van der Waals surface area contributed by atoms with E-state index in [1.165, 1.54) is 18.6 Å². The molecule has 11 heteroatoms. The Kier molecular flexibility index (Phi) is 8.30. The highest BCUT2D eigenvalue weighted by Gasteiger charge is 2.35. The number of nitrogens with one attached hydrogen (secondary N) is 2. The van der Waals surface area contributed by atoms with Gasteiger partial charge in [-0.2, -0.15) is 5.10 Å². The van der Waals surface area contributed by atoms with Crippen molar-refractivity contribution in [2.75, 3.05) is 13.2 Å². The normalized spacial score (nSPS) is 16.2. The van der Waals surface area contributed by atoms with Gasteiger partial charge in [-0.3, -0.25) is 14.3 Å². The minimum atomic E-state index is -4.88. The third kappa shape index (κ3) is 7.09. The van der Waals surface area contributed by atoms with Crippen LogP contribution < -0.4 is 15.4 Å². The molecule has 194 valence electrons. The van der Waals surface area contributed by atoms with Crippen LogP contribution in [0.15, 0.2) is 18.2 Å². The number of aliphatic hydroxyl groups is 1. The summed E-state index contributed by atoms with van der Waals surface area (Å²) in [6, 6.07) is 2.87. The van der Waals surface area contributed by atoms with Crippen molar-refractivity contribution in [1.29, 1.82) is 0 Å². The number of fused-ring (bicyclic) bond motifs is 1. The van der Waals surface area contributed by atoms with Gasteiger partial charge in [0.25, 0.3) is 5.91 Å². The minimum absolute atomic E-state index is 0.0262. The number of nitrogens with zero attached hydrogens (tertiary/aromatic N) is 2. The fourth-order valence-corrected chi connectivity index (χ4v) is 4.43. The van der Waals surface area contributed by atoms with Crippen LogP contribution in [0.3, 0.4) is 0 Å². The summed E-state index contributed by atoms with van der Waals surface area (Å²) in [6.45, 7) is 5.62. The number of amides is 2. The summed E-state index contributed by atoms with van der Waals surface area (Å²) in [6.07, 6.45) is 0.559. The fraction of sp³-hybridized carbons (Fsp3) is 0.625. The molecule has 0 saturated heterocycles. The molecule has 3 rings (SSSR count). The van der Waals surface area contributed by atoms with Crippen molar-refractivity contribution >= 4 is 22.7 Å². The van der Waals surface area contributed by atoms with Crippen LogP contribution in [0.2, 0.25) is 0 Å². The van der Waals surface area contributed by atoms with E-state index in [1.807, 2.05) is 0 Å². The van der Waals surface area contributed by atoms with Crippen LogP contribution in [-0.4, -0.2) is 52.3 Å². The van der Waals surface area contributed by atoms with Crippen molar-refractivity contribution < 1.29 is 32.6 Å². The lowest BCUT2D eigenvalue weighted by Crippen LogP contribution is -2.54. The van der Waals surface area contributed by atoms with E-state index in [-0.39, 0.29) is 24.2 Å². The molecule has 8 nitrogen and oxygen atoms in total. The quantitative estimate of drug-likeness (QED) is 0.514. The summed E-state index contributed by atoms with van der Waals surface area (Å²) >= 11 is 0. The van der Waals surface area contributed by atoms with E-state index in [0.717, 1.165) is 31.7 Å². The van der Waals surface area contributed by atoms with Gasteiger partial charge in [-0.1, -0.05) is 40.0 Å². The highest BCUT2D eigenvalue weighted by Crippen LogP contribution is 2.31. The van der Waals surface area contributed by atoms with Crippen LogP contribution in [-0.2, 0) is 11.3 Å². The Labute approximate surface area is 202 Å². The van der Waals surface area contributed by atoms with Crippen molar-refractivity contribution in [2.45, 2.75) is 71.8 Å². The summed E-state index contributed by atoms with van der Waals surface area (Å²) in [5.74, 6) is -1.25. The molecule has 1 aromatic carbocycles. The zero-order valence-corrected chi connectivity index (χ0v) is 20.2. The van der Waals surface area contributed by atoms with E-state index in [9.17, 15) is 22.8 Å². The van der Waals surface area contributed by atoms with Crippen LogP contribution in [0.1, 0.15) is 63.4 Å². The topological polar surface area (TPSA) is 105 Å². The van der Waals surface area contributed by atoms with E-state index in [2.05, 4.69) is 20.5 Å². The highest BCUT2D eigenvalue weighted by atomic mass is 19.4. The third-order valence-corrected chi connectivity index (χ3v) is 6.14. The van der Waals surface area contributed by atoms with Crippen LogP contribution in [0.25, 0.3) is 10.9 Å². The molecule has 0 bridgehead atoms. The maximum atomic E-state index is 13.3. The Balaban J connectivity index is 1.97. The summed E-state index contributed by atoms with van der Waals surface area (Å²) < 4.78 is 44.2. The molecule has 1 aliphatic rings. The SMILES string of the molecule is CC(C)(C)[C@H](NC(=O)c1nn(CC2CCCCC2)c2ccc(OC(F)(F)F)cc12)C(=O)NCCO. The van der Waals surface area contributed by atoms with Gasteiger partial charge in [-0.15, -0.1) is 13.2 Å². The first kappa shape index (κ1) is 26.8. The first-order chi connectivity index (χ1) is 16.4. The van der Waals surface area contributed by atoms with Gasteiger partial charge in [0.15, 0.2) is 5.69 Å². The molecule has 0 unspecified atom stereocenters. The van der Waals surface area contributed by atoms with Crippen LogP contribution in [0.5, 0.6) is 5.75 Å². The van der Waals surface area contributed by atoms with E-state index in [4.69, 9.17) is 5.11 Å². The summed E-state index contributed by atoms with van der Waals surface area (Å²) in [4.78, 5) is 26.0. The van der Waals surface area contributed by atoms with Gasteiger partial charge in [-0.25, -0.2) is 0 Å². The Hall–Kier alpha value is -2.82. The number of benzene rings is 1. The van der Waals surface area contributed by atoms with Crippen molar-refractivity contribution in [3.05, 3.63) is 23.9 Å². The largest absolute Gasteiger partial charge is 0.573 e. The minimum Gasteiger partial charge on any atom is -0.406 e. The number of carbonyl (C=O) groups is 2. The number of alkyl halides is 3. The molecular formula is C24H33F3N4O4. The van der Waals surface area contributed by atoms with Gasteiger partial charge in [0, 0.05) is 18.5 Å². The van der Waals surface area contributed by atoms with Crippen LogP contribution >= 0.6 is 0 Å². The van der Waals surface area contributed by atoms with Crippen molar-refractivity contribution in [2.24, 2.45) is 11.3 Å². The Morgan fingerprint density at radius 1 is 1.20 bits per heavy atom.